The molecule has 2 N–H and O–H groups in total. The fraction of sp³-hybridized carbons (Fsp3) is 0.667. The molecule has 3 heteroatoms. The quantitative estimate of drug-likeness (QED) is 0.425. The summed E-state index contributed by atoms with van der Waals surface area (Å²) < 4.78 is 0. The van der Waals surface area contributed by atoms with Gasteiger partial charge in [-0.3, -0.25) is 0 Å². The lowest BCUT2D eigenvalue weighted by molar-refractivity contribution is 0.158. The fourth-order valence-corrected chi connectivity index (χ4v) is 5.39. The molecule has 3 rings (SSSR count). The smallest absolute Gasteiger partial charge is 0.0583 e. The zero-order valence-electron chi connectivity index (χ0n) is 15.1. The molecular formula is C21H31NO2. The van der Waals surface area contributed by atoms with Crippen LogP contribution in [0.3, 0.4) is 0 Å². The summed E-state index contributed by atoms with van der Waals surface area (Å²) in [5.41, 5.74) is 5.06. The largest absolute Gasteiger partial charge is 0.411 e. The molecule has 0 unspecified atom stereocenters. The summed E-state index contributed by atoms with van der Waals surface area (Å²) >= 11 is 0. The first kappa shape index (κ1) is 17.5. The summed E-state index contributed by atoms with van der Waals surface area (Å²) in [5.74, 6) is 0.988. The molecule has 4 atom stereocenters. The Hall–Kier alpha value is -1.35. The molecule has 0 aromatic rings. The van der Waals surface area contributed by atoms with Gasteiger partial charge in [0.1, 0.15) is 0 Å². The number of aliphatic hydroxyl groups excluding tert-OH is 1. The van der Waals surface area contributed by atoms with Crippen molar-refractivity contribution in [3.05, 3.63) is 35.5 Å². The zero-order chi connectivity index (χ0) is 17.3. The molecule has 0 bridgehead atoms. The van der Waals surface area contributed by atoms with Crippen LogP contribution in [0.25, 0.3) is 0 Å². The topological polar surface area (TPSA) is 52.8 Å². The van der Waals surface area contributed by atoms with Crippen molar-refractivity contribution in [2.45, 2.75) is 71.3 Å². The zero-order valence-corrected chi connectivity index (χ0v) is 15.1. The van der Waals surface area contributed by atoms with Crippen LogP contribution in [0, 0.1) is 17.3 Å². The van der Waals surface area contributed by atoms with E-state index in [1.54, 1.807) is 0 Å². The van der Waals surface area contributed by atoms with E-state index >= 15 is 0 Å². The molecular weight excluding hydrogens is 298 g/mol. The molecule has 0 heterocycles. The Morgan fingerprint density at radius 2 is 2.04 bits per heavy atom. The predicted molar refractivity (Wildman–Crippen MR) is 98.2 cm³/mol. The predicted octanol–water partition coefficient (Wildman–Crippen LogP) is 5.01. The summed E-state index contributed by atoms with van der Waals surface area (Å²) in [5, 5.41) is 22.6. The van der Waals surface area contributed by atoms with Crippen molar-refractivity contribution >= 4 is 5.71 Å². The standard InChI is InChI=1S/C21H31NO2/c1-14-6-9-18(23)13-17(14)8-7-16-5-4-12-21(3)19(15(2)22-24)10-11-20(16)21/h7-8,18-20,23-24H,1,4-6,9-13H2,2-3H3/t18-,19+,20-,21+/m0/s1. The summed E-state index contributed by atoms with van der Waals surface area (Å²) in [4.78, 5) is 0. The van der Waals surface area contributed by atoms with Gasteiger partial charge >= 0.3 is 0 Å². The van der Waals surface area contributed by atoms with Gasteiger partial charge in [-0.15, -0.1) is 0 Å². The highest BCUT2D eigenvalue weighted by Crippen LogP contribution is 2.57. The summed E-state index contributed by atoms with van der Waals surface area (Å²) in [6.07, 6.45) is 12.7. The molecule has 0 aromatic carbocycles. The molecule has 0 aliphatic heterocycles. The third kappa shape index (κ3) is 3.11. The summed E-state index contributed by atoms with van der Waals surface area (Å²) in [6, 6.07) is 0. The van der Waals surface area contributed by atoms with Crippen molar-refractivity contribution in [3.8, 4) is 0 Å². The van der Waals surface area contributed by atoms with Crippen molar-refractivity contribution < 1.29 is 10.3 Å². The van der Waals surface area contributed by atoms with E-state index in [0.29, 0.717) is 11.8 Å². The van der Waals surface area contributed by atoms with Crippen LogP contribution in [0.1, 0.15) is 65.2 Å². The van der Waals surface area contributed by atoms with Crippen molar-refractivity contribution in [2.75, 3.05) is 0 Å². The Morgan fingerprint density at radius 3 is 2.79 bits per heavy atom. The van der Waals surface area contributed by atoms with Crippen LogP contribution in [0.4, 0.5) is 0 Å². The van der Waals surface area contributed by atoms with Crippen LogP contribution >= 0.6 is 0 Å². The second-order valence-corrected chi connectivity index (χ2v) is 8.22. The lowest BCUT2D eigenvalue weighted by Gasteiger charge is -2.42. The second kappa shape index (κ2) is 6.87. The fourth-order valence-electron chi connectivity index (χ4n) is 5.39. The van der Waals surface area contributed by atoms with Gasteiger partial charge < -0.3 is 10.3 Å². The SMILES string of the molecule is C=C1CC[C@H](O)CC1=CC=C1CCC[C@]2(C)[C@@H](C(C)=NO)CC[C@@H]12. The molecule has 3 nitrogen and oxygen atoms in total. The lowest BCUT2D eigenvalue weighted by atomic mass is 9.62. The van der Waals surface area contributed by atoms with Crippen LogP contribution < -0.4 is 0 Å². The van der Waals surface area contributed by atoms with Crippen LogP contribution in [-0.4, -0.2) is 22.1 Å². The van der Waals surface area contributed by atoms with E-state index in [0.717, 1.165) is 31.4 Å². The van der Waals surface area contributed by atoms with Crippen molar-refractivity contribution in [2.24, 2.45) is 22.4 Å². The van der Waals surface area contributed by atoms with E-state index in [1.165, 1.54) is 42.4 Å². The minimum atomic E-state index is -0.212. The number of fused-ring (bicyclic) bond motifs is 1. The van der Waals surface area contributed by atoms with Crippen LogP contribution in [-0.2, 0) is 0 Å². The number of hydrogen-bond acceptors (Lipinski definition) is 3. The van der Waals surface area contributed by atoms with Gasteiger partial charge in [-0.25, -0.2) is 0 Å². The average Bonchev–Trinajstić information content (AvgIpc) is 2.92. The van der Waals surface area contributed by atoms with Gasteiger partial charge in [0.25, 0.3) is 0 Å². The van der Waals surface area contributed by atoms with Gasteiger partial charge in [0.15, 0.2) is 0 Å². The molecule has 0 spiro atoms. The van der Waals surface area contributed by atoms with E-state index in [2.05, 4.69) is 30.8 Å². The Bertz CT molecular complexity index is 601. The highest BCUT2D eigenvalue weighted by Gasteiger charge is 2.50. The van der Waals surface area contributed by atoms with E-state index in [9.17, 15) is 10.3 Å². The van der Waals surface area contributed by atoms with Crippen LogP contribution in [0.2, 0.25) is 0 Å². The Kier molecular flexibility index (Phi) is 5.00. The number of allylic oxidation sites excluding steroid dienone is 4. The van der Waals surface area contributed by atoms with Crippen molar-refractivity contribution in [3.63, 3.8) is 0 Å². The maximum absolute atomic E-state index is 9.91. The molecule has 3 saturated carbocycles. The van der Waals surface area contributed by atoms with Gasteiger partial charge in [0, 0.05) is 5.92 Å². The number of hydrogen-bond donors (Lipinski definition) is 2. The van der Waals surface area contributed by atoms with Crippen molar-refractivity contribution in [1.82, 2.24) is 0 Å². The molecule has 132 valence electrons. The minimum absolute atomic E-state index is 0.212. The van der Waals surface area contributed by atoms with E-state index in [1.807, 2.05) is 6.92 Å². The van der Waals surface area contributed by atoms with Crippen LogP contribution in [0.15, 0.2) is 40.6 Å². The molecule has 24 heavy (non-hydrogen) atoms. The van der Waals surface area contributed by atoms with Gasteiger partial charge in [-0.2, -0.15) is 0 Å². The normalized spacial score (nSPS) is 41.0. The van der Waals surface area contributed by atoms with E-state index in [4.69, 9.17) is 0 Å². The third-order valence-electron chi connectivity index (χ3n) is 6.81. The highest BCUT2D eigenvalue weighted by molar-refractivity contribution is 5.85. The first-order valence-electron chi connectivity index (χ1n) is 9.40. The maximum atomic E-state index is 9.91. The first-order chi connectivity index (χ1) is 11.5. The molecule has 0 aromatic heterocycles. The number of oxime groups is 1. The molecule has 0 radical (unpaired) electrons. The Balaban J connectivity index is 1.83. The van der Waals surface area contributed by atoms with Gasteiger partial charge in [0.2, 0.25) is 0 Å². The van der Waals surface area contributed by atoms with Gasteiger partial charge in [-0.1, -0.05) is 42.0 Å². The average molecular weight is 329 g/mol. The number of nitrogens with zero attached hydrogens (tertiary/aromatic N) is 1. The number of rotatable bonds is 2. The summed E-state index contributed by atoms with van der Waals surface area (Å²) in [6.45, 7) is 8.51. The molecule has 3 fully saturated rings. The Morgan fingerprint density at radius 1 is 1.25 bits per heavy atom. The van der Waals surface area contributed by atoms with Gasteiger partial charge in [-0.05, 0) is 75.2 Å². The lowest BCUT2D eigenvalue weighted by Crippen LogP contribution is -2.36. The summed E-state index contributed by atoms with van der Waals surface area (Å²) in [7, 11) is 0. The van der Waals surface area contributed by atoms with Crippen LogP contribution in [0.5, 0.6) is 0 Å². The molecule has 3 aliphatic rings. The molecule has 3 aliphatic carbocycles. The first-order valence-corrected chi connectivity index (χ1v) is 9.40. The van der Waals surface area contributed by atoms with Gasteiger partial charge in [0.05, 0.1) is 11.8 Å². The molecule has 0 amide bonds. The monoisotopic (exact) mass is 329 g/mol. The number of aliphatic hydroxyl groups is 1. The minimum Gasteiger partial charge on any atom is -0.411 e. The van der Waals surface area contributed by atoms with E-state index < -0.39 is 0 Å². The van der Waals surface area contributed by atoms with Crippen molar-refractivity contribution in [1.29, 1.82) is 0 Å². The maximum Gasteiger partial charge on any atom is 0.0583 e. The second-order valence-electron chi connectivity index (χ2n) is 8.22. The third-order valence-corrected chi connectivity index (χ3v) is 6.81. The molecule has 0 saturated heterocycles. The van der Waals surface area contributed by atoms with E-state index in [-0.39, 0.29) is 11.5 Å². The highest BCUT2D eigenvalue weighted by atomic mass is 16.4. The Labute approximate surface area is 145 Å².